The first kappa shape index (κ1) is 12.7. The number of hydrogen-bond acceptors (Lipinski definition) is 2. The van der Waals surface area contributed by atoms with Crippen LogP contribution in [0, 0.1) is 0 Å². The van der Waals surface area contributed by atoms with Crippen molar-refractivity contribution in [2.45, 2.75) is 29.5 Å². The van der Waals surface area contributed by atoms with Gasteiger partial charge in [0.15, 0.2) is 0 Å². The maximum atomic E-state index is 11.0. The number of sulfonamides is 1. The van der Waals surface area contributed by atoms with Crippen LogP contribution in [-0.2, 0) is 10.0 Å². The smallest absolute Gasteiger partial charge is 0.225 e. The molecule has 0 amide bonds. The summed E-state index contributed by atoms with van der Waals surface area (Å²) in [5, 5.41) is 5.01. The van der Waals surface area contributed by atoms with Gasteiger partial charge in [0.1, 0.15) is 0 Å². The van der Waals surface area contributed by atoms with Gasteiger partial charge in [0.25, 0.3) is 0 Å². The average molecular weight is 292 g/mol. The minimum absolute atomic E-state index is 0.153. The Labute approximate surface area is 98.9 Å². The first-order valence-corrected chi connectivity index (χ1v) is 7.05. The zero-order valence-electron chi connectivity index (χ0n) is 8.64. The highest BCUT2D eigenvalue weighted by Crippen LogP contribution is 2.24. The Hall–Kier alpha value is -0.390. The van der Waals surface area contributed by atoms with E-state index in [1.165, 1.54) is 12.1 Å². The SMILES string of the molecule is CC(Br)C(C)c1ccc(S(N)(=O)=O)cc1. The number of primary sulfonamides is 1. The molecule has 2 unspecified atom stereocenters. The van der Waals surface area contributed by atoms with Crippen molar-refractivity contribution in [2.24, 2.45) is 5.14 Å². The Morgan fingerprint density at radius 3 is 2.00 bits per heavy atom. The van der Waals surface area contributed by atoms with Gasteiger partial charge >= 0.3 is 0 Å². The topological polar surface area (TPSA) is 60.2 Å². The van der Waals surface area contributed by atoms with Crippen LogP contribution in [-0.4, -0.2) is 13.2 Å². The third-order valence-electron chi connectivity index (χ3n) is 2.42. The van der Waals surface area contributed by atoms with Gasteiger partial charge in [-0.3, -0.25) is 0 Å². The van der Waals surface area contributed by atoms with Crippen molar-refractivity contribution < 1.29 is 8.42 Å². The number of alkyl halides is 1. The second-order valence-electron chi connectivity index (χ2n) is 3.58. The van der Waals surface area contributed by atoms with Crippen molar-refractivity contribution in [1.82, 2.24) is 0 Å². The molecule has 0 aromatic heterocycles. The summed E-state index contributed by atoms with van der Waals surface area (Å²) >= 11 is 3.49. The van der Waals surface area contributed by atoms with Crippen molar-refractivity contribution in [3.8, 4) is 0 Å². The molecule has 0 aliphatic carbocycles. The first-order chi connectivity index (χ1) is 6.82. The van der Waals surface area contributed by atoms with E-state index in [1.807, 2.05) is 0 Å². The monoisotopic (exact) mass is 291 g/mol. The summed E-state index contributed by atoms with van der Waals surface area (Å²) in [5.74, 6) is 0.333. The van der Waals surface area contributed by atoms with Gasteiger partial charge in [0, 0.05) is 4.83 Å². The molecule has 3 nitrogen and oxygen atoms in total. The van der Waals surface area contributed by atoms with Gasteiger partial charge in [0.05, 0.1) is 4.90 Å². The Kier molecular flexibility index (Phi) is 3.92. The number of nitrogens with two attached hydrogens (primary N) is 1. The molecule has 2 N–H and O–H groups in total. The van der Waals surface area contributed by atoms with Crippen LogP contribution in [0.3, 0.4) is 0 Å². The Bertz CT molecular complexity index is 425. The van der Waals surface area contributed by atoms with Crippen LogP contribution in [0.1, 0.15) is 25.3 Å². The average Bonchev–Trinajstić information content (AvgIpc) is 2.15. The summed E-state index contributed by atoms with van der Waals surface area (Å²) in [7, 11) is -3.58. The summed E-state index contributed by atoms with van der Waals surface area (Å²) in [4.78, 5) is 0.499. The summed E-state index contributed by atoms with van der Waals surface area (Å²) in [6, 6.07) is 6.66. The van der Waals surface area contributed by atoms with Crippen LogP contribution in [0.2, 0.25) is 0 Å². The largest absolute Gasteiger partial charge is 0.238 e. The van der Waals surface area contributed by atoms with E-state index in [-0.39, 0.29) is 4.90 Å². The molecule has 0 saturated carbocycles. The van der Waals surface area contributed by atoms with Crippen molar-refractivity contribution in [1.29, 1.82) is 0 Å². The van der Waals surface area contributed by atoms with Crippen LogP contribution >= 0.6 is 15.9 Å². The fourth-order valence-electron chi connectivity index (χ4n) is 1.23. The molecule has 0 fully saturated rings. The molecule has 0 saturated heterocycles. The molecule has 0 radical (unpaired) electrons. The van der Waals surface area contributed by atoms with Crippen molar-refractivity contribution in [3.05, 3.63) is 29.8 Å². The number of halogens is 1. The molecular formula is C10H14BrNO2S. The summed E-state index contributed by atoms with van der Waals surface area (Å²) in [6.07, 6.45) is 0. The number of rotatable bonds is 3. The maximum absolute atomic E-state index is 11.0. The van der Waals surface area contributed by atoms with Gasteiger partial charge in [0.2, 0.25) is 10.0 Å². The van der Waals surface area contributed by atoms with Gasteiger partial charge < -0.3 is 0 Å². The van der Waals surface area contributed by atoms with Crippen LogP contribution in [0.4, 0.5) is 0 Å². The van der Waals surface area contributed by atoms with Gasteiger partial charge in [-0.15, -0.1) is 0 Å². The number of hydrogen-bond donors (Lipinski definition) is 1. The molecule has 0 aliphatic rings. The highest BCUT2D eigenvalue weighted by molar-refractivity contribution is 9.09. The predicted octanol–water partition coefficient (Wildman–Crippen LogP) is 2.22. The van der Waals surface area contributed by atoms with Gasteiger partial charge in [-0.2, -0.15) is 0 Å². The fraction of sp³-hybridized carbons (Fsp3) is 0.400. The maximum Gasteiger partial charge on any atom is 0.238 e. The first-order valence-electron chi connectivity index (χ1n) is 4.59. The molecule has 0 bridgehead atoms. The summed E-state index contributed by atoms with van der Waals surface area (Å²) in [6.45, 7) is 4.13. The predicted molar refractivity (Wildman–Crippen MR) is 64.6 cm³/mol. The lowest BCUT2D eigenvalue weighted by atomic mass is 9.99. The third kappa shape index (κ3) is 3.29. The van der Waals surface area contributed by atoms with Crippen molar-refractivity contribution in [2.75, 3.05) is 0 Å². The zero-order chi connectivity index (χ0) is 11.6. The molecule has 84 valence electrons. The minimum Gasteiger partial charge on any atom is -0.225 e. The number of benzene rings is 1. The standard InChI is InChI=1S/C10H14BrNO2S/c1-7(8(2)11)9-3-5-10(6-4-9)15(12,13)14/h3-8H,1-2H3,(H2,12,13,14). The molecular weight excluding hydrogens is 278 g/mol. The molecule has 0 aliphatic heterocycles. The van der Waals surface area contributed by atoms with E-state index in [2.05, 4.69) is 29.8 Å². The molecule has 15 heavy (non-hydrogen) atoms. The lowest BCUT2D eigenvalue weighted by molar-refractivity contribution is 0.597. The van der Waals surface area contributed by atoms with Crippen LogP contribution in [0.25, 0.3) is 0 Å². The van der Waals surface area contributed by atoms with E-state index in [1.54, 1.807) is 12.1 Å². The van der Waals surface area contributed by atoms with Crippen LogP contribution in [0.15, 0.2) is 29.2 Å². The normalized spacial score (nSPS) is 16.0. The second-order valence-corrected chi connectivity index (χ2v) is 6.59. The highest BCUT2D eigenvalue weighted by Gasteiger charge is 2.12. The summed E-state index contributed by atoms with van der Waals surface area (Å²) < 4.78 is 22.0. The third-order valence-corrected chi connectivity index (χ3v) is 4.15. The van der Waals surface area contributed by atoms with Crippen molar-refractivity contribution in [3.63, 3.8) is 0 Å². The van der Waals surface area contributed by atoms with Gasteiger partial charge in [-0.05, 0) is 23.6 Å². The summed E-state index contributed by atoms with van der Waals surface area (Å²) in [5.41, 5.74) is 1.09. The van der Waals surface area contributed by atoms with E-state index < -0.39 is 10.0 Å². The molecule has 2 atom stereocenters. The highest BCUT2D eigenvalue weighted by atomic mass is 79.9. The van der Waals surface area contributed by atoms with Gasteiger partial charge in [-0.1, -0.05) is 41.9 Å². The Morgan fingerprint density at radius 1 is 1.20 bits per heavy atom. The van der Waals surface area contributed by atoms with Crippen LogP contribution in [0.5, 0.6) is 0 Å². The zero-order valence-corrected chi connectivity index (χ0v) is 11.0. The van der Waals surface area contributed by atoms with Crippen LogP contribution < -0.4 is 5.14 Å². The Morgan fingerprint density at radius 2 is 1.67 bits per heavy atom. The molecule has 1 aromatic carbocycles. The second kappa shape index (κ2) is 4.63. The molecule has 1 aromatic rings. The van der Waals surface area contributed by atoms with E-state index in [0.717, 1.165) is 5.56 Å². The van der Waals surface area contributed by atoms with E-state index >= 15 is 0 Å². The van der Waals surface area contributed by atoms with Crippen molar-refractivity contribution >= 4 is 26.0 Å². The lowest BCUT2D eigenvalue weighted by Gasteiger charge is -2.14. The van der Waals surface area contributed by atoms with E-state index in [0.29, 0.717) is 10.7 Å². The quantitative estimate of drug-likeness (QED) is 0.868. The Balaban J connectivity index is 3.01. The lowest BCUT2D eigenvalue weighted by Crippen LogP contribution is -2.12. The fourth-order valence-corrected chi connectivity index (χ4v) is 2.05. The van der Waals surface area contributed by atoms with E-state index in [4.69, 9.17) is 5.14 Å². The molecule has 0 heterocycles. The van der Waals surface area contributed by atoms with E-state index in [9.17, 15) is 8.42 Å². The van der Waals surface area contributed by atoms with Gasteiger partial charge in [-0.25, -0.2) is 13.6 Å². The molecule has 1 rings (SSSR count). The minimum atomic E-state index is -3.58. The molecule has 5 heteroatoms. The molecule has 0 spiro atoms.